The Labute approximate surface area is 82.9 Å². The van der Waals surface area contributed by atoms with Crippen molar-refractivity contribution < 1.29 is 18.1 Å². The zero-order chi connectivity index (χ0) is 10.6. The Morgan fingerprint density at radius 2 is 1.86 bits per heavy atom. The Balaban J connectivity index is 2.51. The lowest BCUT2D eigenvalue weighted by Crippen LogP contribution is -2.04. The molecular weight excluding hydrogens is 204 g/mol. The highest BCUT2D eigenvalue weighted by atomic mass is 32.2. The standard InChI is InChI=1S/C9H12O4S/c10-9-6-2-1-4-8(9)5-3-7-14(11,12)13/h1-2,4,6,10H,3,5,7H2,(H,11,12,13). The lowest BCUT2D eigenvalue weighted by atomic mass is 10.1. The van der Waals surface area contributed by atoms with Crippen molar-refractivity contribution in [2.75, 3.05) is 5.75 Å². The van der Waals surface area contributed by atoms with Crippen LogP contribution < -0.4 is 0 Å². The first-order chi connectivity index (χ1) is 6.49. The molecule has 1 aromatic rings. The molecule has 0 spiro atoms. The van der Waals surface area contributed by atoms with Crippen LogP contribution in [0.3, 0.4) is 0 Å². The summed E-state index contributed by atoms with van der Waals surface area (Å²) in [6.07, 6.45) is 0.739. The van der Waals surface area contributed by atoms with Gasteiger partial charge in [0, 0.05) is 0 Å². The van der Waals surface area contributed by atoms with Gasteiger partial charge in [0.2, 0.25) is 0 Å². The molecule has 0 aliphatic heterocycles. The van der Waals surface area contributed by atoms with Crippen LogP contribution in [0.1, 0.15) is 12.0 Å². The van der Waals surface area contributed by atoms with Gasteiger partial charge >= 0.3 is 0 Å². The van der Waals surface area contributed by atoms with E-state index >= 15 is 0 Å². The Bertz CT molecular complexity index is 397. The van der Waals surface area contributed by atoms with E-state index in [1.807, 2.05) is 0 Å². The Morgan fingerprint density at radius 1 is 1.21 bits per heavy atom. The molecule has 1 rings (SSSR count). The van der Waals surface area contributed by atoms with Crippen molar-refractivity contribution in [3.8, 4) is 5.75 Å². The minimum absolute atomic E-state index is 0.155. The number of hydrogen-bond donors (Lipinski definition) is 2. The van der Waals surface area contributed by atoms with E-state index in [1.165, 1.54) is 0 Å². The molecule has 0 unspecified atom stereocenters. The number of phenols is 1. The molecule has 14 heavy (non-hydrogen) atoms. The van der Waals surface area contributed by atoms with E-state index in [4.69, 9.17) is 4.55 Å². The predicted molar refractivity (Wildman–Crippen MR) is 52.8 cm³/mol. The second-order valence-corrected chi connectivity index (χ2v) is 4.59. The SMILES string of the molecule is O=S(=O)(O)CCCc1ccccc1O. The van der Waals surface area contributed by atoms with Crippen molar-refractivity contribution in [3.63, 3.8) is 0 Å². The van der Waals surface area contributed by atoms with Gasteiger partial charge in [-0.05, 0) is 24.5 Å². The van der Waals surface area contributed by atoms with Crippen molar-refractivity contribution in [2.24, 2.45) is 0 Å². The topological polar surface area (TPSA) is 74.6 Å². The molecule has 4 nitrogen and oxygen atoms in total. The number of hydrogen-bond acceptors (Lipinski definition) is 3. The molecule has 0 fully saturated rings. The van der Waals surface area contributed by atoms with Gasteiger partial charge in [-0.3, -0.25) is 4.55 Å². The van der Waals surface area contributed by atoms with Crippen molar-refractivity contribution in [1.82, 2.24) is 0 Å². The van der Waals surface area contributed by atoms with Gasteiger partial charge in [0.05, 0.1) is 5.75 Å². The van der Waals surface area contributed by atoms with Crippen molar-refractivity contribution >= 4 is 10.1 Å². The van der Waals surface area contributed by atoms with Gasteiger partial charge in [0.15, 0.2) is 0 Å². The summed E-state index contributed by atoms with van der Waals surface area (Å²) in [6.45, 7) is 0. The maximum absolute atomic E-state index is 10.4. The summed E-state index contributed by atoms with van der Waals surface area (Å²) in [7, 11) is -3.89. The monoisotopic (exact) mass is 216 g/mol. The minimum atomic E-state index is -3.89. The summed E-state index contributed by atoms with van der Waals surface area (Å²) >= 11 is 0. The molecule has 0 heterocycles. The maximum Gasteiger partial charge on any atom is 0.264 e. The summed E-state index contributed by atoms with van der Waals surface area (Å²) < 4.78 is 29.3. The van der Waals surface area contributed by atoms with Crippen LogP contribution in [0.5, 0.6) is 5.75 Å². The van der Waals surface area contributed by atoms with E-state index in [9.17, 15) is 13.5 Å². The quantitative estimate of drug-likeness (QED) is 0.742. The lowest BCUT2D eigenvalue weighted by Gasteiger charge is -2.02. The third-order valence-corrected chi connectivity index (χ3v) is 2.64. The molecule has 0 saturated carbocycles. The minimum Gasteiger partial charge on any atom is -0.508 e. The second kappa shape index (κ2) is 4.43. The van der Waals surface area contributed by atoms with E-state index < -0.39 is 10.1 Å². The second-order valence-electron chi connectivity index (χ2n) is 3.02. The third-order valence-electron chi connectivity index (χ3n) is 1.84. The number of aryl methyl sites for hydroxylation is 1. The van der Waals surface area contributed by atoms with E-state index in [0.29, 0.717) is 18.4 Å². The molecule has 1 aromatic carbocycles. The molecule has 0 aromatic heterocycles. The van der Waals surface area contributed by atoms with Crippen molar-refractivity contribution in [2.45, 2.75) is 12.8 Å². The molecule has 5 heteroatoms. The normalized spacial score (nSPS) is 11.5. The molecule has 0 atom stereocenters. The van der Waals surface area contributed by atoms with Gasteiger partial charge in [0.1, 0.15) is 5.75 Å². The van der Waals surface area contributed by atoms with E-state index in [1.54, 1.807) is 24.3 Å². The Kier molecular flexibility index (Phi) is 3.49. The van der Waals surface area contributed by atoms with Crippen LogP contribution in [0.25, 0.3) is 0 Å². The molecule has 0 aliphatic rings. The van der Waals surface area contributed by atoms with Gasteiger partial charge in [-0.15, -0.1) is 0 Å². The molecule has 0 saturated heterocycles. The first-order valence-electron chi connectivity index (χ1n) is 4.21. The summed E-state index contributed by atoms with van der Waals surface area (Å²) in [4.78, 5) is 0. The van der Waals surface area contributed by atoms with Crippen molar-refractivity contribution in [1.29, 1.82) is 0 Å². The average molecular weight is 216 g/mol. The van der Waals surface area contributed by atoms with Crippen LogP contribution in [-0.4, -0.2) is 23.8 Å². The van der Waals surface area contributed by atoms with E-state index in [2.05, 4.69) is 0 Å². The molecular formula is C9H12O4S. The first-order valence-corrected chi connectivity index (χ1v) is 5.82. The largest absolute Gasteiger partial charge is 0.508 e. The van der Waals surface area contributed by atoms with Crippen LogP contribution >= 0.6 is 0 Å². The molecule has 0 radical (unpaired) electrons. The Hall–Kier alpha value is -1.07. The van der Waals surface area contributed by atoms with Crippen LogP contribution in [0.4, 0.5) is 0 Å². The summed E-state index contributed by atoms with van der Waals surface area (Å²) in [6, 6.07) is 6.73. The zero-order valence-corrected chi connectivity index (χ0v) is 8.37. The third kappa shape index (κ3) is 3.76. The highest BCUT2D eigenvalue weighted by Crippen LogP contribution is 2.17. The molecule has 0 aliphatic carbocycles. The molecule has 2 N–H and O–H groups in total. The highest BCUT2D eigenvalue weighted by Gasteiger charge is 2.05. The van der Waals surface area contributed by atoms with Crippen LogP contribution in [0.2, 0.25) is 0 Å². The highest BCUT2D eigenvalue weighted by molar-refractivity contribution is 7.85. The van der Waals surface area contributed by atoms with Gasteiger partial charge in [-0.2, -0.15) is 8.42 Å². The van der Waals surface area contributed by atoms with Crippen molar-refractivity contribution in [3.05, 3.63) is 29.8 Å². The number of rotatable bonds is 4. The fraction of sp³-hybridized carbons (Fsp3) is 0.333. The van der Waals surface area contributed by atoms with Gasteiger partial charge in [-0.25, -0.2) is 0 Å². The fourth-order valence-corrected chi connectivity index (χ4v) is 1.68. The van der Waals surface area contributed by atoms with Gasteiger partial charge in [-0.1, -0.05) is 18.2 Å². The summed E-state index contributed by atoms with van der Waals surface area (Å²) in [5.74, 6) is -0.121. The van der Waals surface area contributed by atoms with Crippen LogP contribution in [0, 0.1) is 0 Å². The van der Waals surface area contributed by atoms with Gasteiger partial charge < -0.3 is 5.11 Å². The maximum atomic E-state index is 10.4. The molecule has 78 valence electrons. The Morgan fingerprint density at radius 3 is 2.43 bits per heavy atom. The lowest BCUT2D eigenvalue weighted by molar-refractivity contribution is 0.465. The predicted octanol–water partition coefficient (Wildman–Crippen LogP) is 1.21. The average Bonchev–Trinajstić information content (AvgIpc) is 2.06. The molecule has 0 amide bonds. The summed E-state index contributed by atoms with van der Waals surface area (Å²) in [5.41, 5.74) is 0.691. The van der Waals surface area contributed by atoms with Gasteiger partial charge in [0.25, 0.3) is 10.1 Å². The first kappa shape index (κ1) is 11.0. The number of para-hydroxylation sites is 1. The molecule has 0 bridgehead atoms. The zero-order valence-electron chi connectivity index (χ0n) is 7.55. The van der Waals surface area contributed by atoms with E-state index in [0.717, 1.165) is 0 Å². The van der Waals surface area contributed by atoms with Crippen LogP contribution in [-0.2, 0) is 16.5 Å². The summed E-state index contributed by atoms with van der Waals surface area (Å²) in [5, 5.41) is 9.33. The number of phenolic OH excluding ortho intramolecular Hbond substituents is 1. The fourth-order valence-electron chi connectivity index (χ4n) is 1.17. The number of benzene rings is 1. The smallest absolute Gasteiger partial charge is 0.264 e. The van der Waals surface area contributed by atoms with E-state index in [-0.39, 0.29) is 11.5 Å². The number of aromatic hydroxyl groups is 1. The van der Waals surface area contributed by atoms with Crippen LogP contribution in [0.15, 0.2) is 24.3 Å².